The fraction of sp³-hybridized carbons (Fsp3) is 0.333. The Morgan fingerprint density at radius 2 is 1.85 bits per heavy atom. The van der Waals surface area contributed by atoms with Crippen molar-refractivity contribution in [1.29, 1.82) is 0 Å². The van der Waals surface area contributed by atoms with Crippen LogP contribution in [0.1, 0.15) is 25.0 Å². The average molecular weight is 178 g/mol. The quantitative estimate of drug-likeness (QED) is 0.738. The molecule has 0 saturated heterocycles. The van der Waals surface area contributed by atoms with Crippen molar-refractivity contribution in [3.63, 3.8) is 0 Å². The Morgan fingerprint density at radius 1 is 1.23 bits per heavy atom. The molecule has 13 heavy (non-hydrogen) atoms. The highest BCUT2D eigenvalue weighted by Gasteiger charge is 1.88. The molecule has 0 spiro atoms. The predicted molar refractivity (Wildman–Crippen MR) is 58.6 cm³/mol. The molecule has 0 saturated carbocycles. The van der Waals surface area contributed by atoms with Crippen LogP contribution in [0.5, 0.6) is 0 Å². The van der Waals surface area contributed by atoms with Gasteiger partial charge >= 0.3 is 0 Å². The number of hydrogen-bond acceptors (Lipinski definition) is 1. The van der Waals surface area contributed by atoms with Crippen LogP contribution in [-0.2, 0) is 0 Å². The minimum atomic E-state index is 0.105. The summed E-state index contributed by atoms with van der Waals surface area (Å²) in [6.07, 6.45) is 3.66. The molecule has 0 radical (unpaired) electrons. The zero-order chi connectivity index (χ0) is 10.1. The lowest BCUT2D eigenvalue weighted by Gasteiger charge is -1.96. The van der Waals surface area contributed by atoms with E-state index in [4.69, 9.17) is 5.11 Å². The summed E-state index contributed by atoms with van der Waals surface area (Å²) in [5.74, 6) is 0. The summed E-state index contributed by atoms with van der Waals surface area (Å²) in [5, 5.41) is 8.53. The van der Waals surface area contributed by atoms with Crippen LogP contribution in [0.25, 0.3) is 6.08 Å². The topological polar surface area (TPSA) is 20.2 Å². The van der Waals surface area contributed by atoms with Gasteiger partial charge < -0.3 is 5.11 Å². The first-order valence-corrected chi connectivity index (χ1v) is 4.67. The van der Waals surface area contributed by atoms with E-state index in [1.54, 1.807) is 6.08 Å². The second-order valence-corrected chi connectivity index (χ2v) is 2.44. The maximum Gasteiger partial charge on any atom is 0.0615 e. The van der Waals surface area contributed by atoms with Crippen LogP contribution < -0.4 is 0 Å². The Hall–Kier alpha value is -1.08. The number of benzene rings is 1. The molecule has 0 unspecified atom stereocenters. The fourth-order valence-electron chi connectivity index (χ4n) is 0.953. The fourth-order valence-corrected chi connectivity index (χ4v) is 0.953. The molecule has 0 aliphatic carbocycles. The minimum absolute atomic E-state index is 0.105. The Kier molecular flexibility index (Phi) is 6.93. The second-order valence-electron chi connectivity index (χ2n) is 2.44. The molecule has 0 fully saturated rings. The van der Waals surface area contributed by atoms with Gasteiger partial charge in [-0.25, -0.2) is 0 Å². The van der Waals surface area contributed by atoms with E-state index in [1.807, 2.05) is 38.1 Å². The predicted octanol–water partition coefficient (Wildman–Crippen LogP) is 3.03. The van der Waals surface area contributed by atoms with E-state index in [0.717, 1.165) is 0 Å². The molecule has 0 atom stereocenters. The maximum atomic E-state index is 8.53. The molecular weight excluding hydrogens is 160 g/mol. The molecule has 1 rings (SSSR count). The summed E-state index contributed by atoms with van der Waals surface area (Å²) in [6, 6.07) is 8.08. The molecule has 72 valence electrons. The van der Waals surface area contributed by atoms with Gasteiger partial charge in [-0.05, 0) is 18.1 Å². The Labute approximate surface area is 80.7 Å². The lowest BCUT2D eigenvalue weighted by molar-refractivity contribution is 0.343. The van der Waals surface area contributed by atoms with E-state index in [0.29, 0.717) is 0 Å². The van der Waals surface area contributed by atoms with Crippen molar-refractivity contribution in [3.05, 3.63) is 41.5 Å². The lowest BCUT2D eigenvalue weighted by atomic mass is 10.1. The zero-order valence-electron chi connectivity index (χ0n) is 8.62. The first kappa shape index (κ1) is 11.9. The summed E-state index contributed by atoms with van der Waals surface area (Å²) in [5.41, 5.74) is 2.40. The summed E-state index contributed by atoms with van der Waals surface area (Å²) in [6.45, 7) is 6.16. The Morgan fingerprint density at radius 3 is 2.38 bits per heavy atom. The average Bonchev–Trinajstić information content (AvgIpc) is 2.20. The number of aliphatic hydroxyl groups is 1. The Bertz CT molecular complexity index is 251. The molecule has 0 aliphatic rings. The van der Waals surface area contributed by atoms with Gasteiger partial charge in [-0.1, -0.05) is 50.3 Å². The van der Waals surface area contributed by atoms with Crippen molar-refractivity contribution in [2.75, 3.05) is 6.61 Å². The molecule has 0 aliphatic heterocycles. The number of rotatable bonds is 2. The van der Waals surface area contributed by atoms with Crippen molar-refractivity contribution in [3.8, 4) is 0 Å². The monoisotopic (exact) mass is 178 g/mol. The molecule has 0 bridgehead atoms. The standard InChI is InChI=1S/C10H12O.C2H6/c1-9-5-2-3-6-10(9)7-4-8-11;1-2/h2-7,11H,8H2,1H3;1-2H3/b7-4+;. The number of aliphatic hydroxyl groups excluding tert-OH is 1. The molecule has 1 aromatic carbocycles. The lowest BCUT2D eigenvalue weighted by Crippen LogP contribution is -1.78. The third kappa shape index (κ3) is 4.48. The molecular formula is C12H18O. The van der Waals surface area contributed by atoms with E-state index in [1.165, 1.54) is 11.1 Å². The van der Waals surface area contributed by atoms with Crippen LogP contribution in [0.15, 0.2) is 30.3 Å². The highest BCUT2D eigenvalue weighted by molar-refractivity contribution is 5.53. The van der Waals surface area contributed by atoms with Gasteiger partial charge in [0.2, 0.25) is 0 Å². The van der Waals surface area contributed by atoms with E-state index < -0.39 is 0 Å². The highest BCUT2D eigenvalue weighted by Crippen LogP contribution is 2.07. The highest BCUT2D eigenvalue weighted by atomic mass is 16.2. The van der Waals surface area contributed by atoms with E-state index in [-0.39, 0.29) is 6.61 Å². The van der Waals surface area contributed by atoms with Crippen LogP contribution in [0, 0.1) is 6.92 Å². The van der Waals surface area contributed by atoms with Gasteiger partial charge in [0.25, 0.3) is 0 Å². The number of aryl methyl sites for hydroxylation is 1. The molecule has 0 heterocycles. The van der Waals surface area contributed by atoms with Crippen LogP contribution in [0.2, 0.25) is 0 Å². The van der Waals surface area contributed by atoms with Crippen molar-refractivity contribution in [2.45, 2.75) is 20.8 Å². The molecule has 0 amide bonds. The molecule has 0 aromatic heterocycles. The summed E-state index contributed by atoms with van der Waals surface area (Å²) >= 11 is 0. The third-order valence-electron chi connectivity index (χ3n) is 1.59. The van der Waals surface area contributed by atoms with Gasteiger partial charge in [-0.3, -0.25) is 0 Å². The van der Waals surface area contributed by atoms with E-state index >= 15 is 0 Å². The van der Waals surface area contributed by atoms with Gasteiger partial charge in [0.1, 0.15) is 0 Å². The first-order chi connectivity index (χ1) is 6.34. The summed E-state index contributed by atoms with van der Waals surface area (Å²) in [4.78, 5) is 0. The summed E-state index contributed by atoms with van der Waals surface area (Å²) in [7, 11) is 0. The SMILES string of the molecule is CC.Cc1ccccc1/C=C/CO. The van der Waals surface area contributed by atoms with Crippen LogP contribution in [0.3, 0.4) is 0 Å². The van der Waals surface area contributed by atoms with Gasteiger partial charge in [0.15, 0.2) is 0 Å². The van der Waals surface area contributed by atoms with Crippen LogP contribution >= 0.6 is 0 Å². The smallest absolute Gasteiger partial charge is 0.0615 e. The summed E-state index contributed by atoms with van der Waals surface area (Å²) < 4.78 is 0. The first-order valence-electron chi connectivity index (χ1n) is 4.67. The molecule has 1 aromatic rings. The second kappa shape index (κ2) is 7.56. The van der Waals surface area contributed by atoms with Gasteiger partial charge in [-0.2, -0.15) is 0 Å². The van der Waals surface area contributed by atoms with E-state index in [2.05, 4.69) is 13.0 Å². The largest absolute Gasteiger partial charge is 0.392 e. The van der Waals surface area contributed by atoms with E-state index in [9.17, 15) is 0 Å². The maximum absolute atomic E-state index is 8.53. The van der Waals surface area contributed by atoms with Crippen LogP contribution in [-0.4, -0.2) is 11.7 Å². The normalized spacial score (nSPS) is 9.54. The Balaban J connectivity index is 0.000000671. The van der Waals surface area contributed by atoms with Crippen molar-refractivity contribution >= 4 is 6.08 Å². The van der Waals surface area contributed by atoms with Crippen molar-refractivity contribution in [2.24, 2.45) is 0 Å². The molecule has 1 nitrogen and oxygen atoms in total. The number of hydrogen-bond donors (Lipinski definition) is 1. The van der Waals surface area contributed by atoms with Crippen LogP contribution in [0.4, 0.5) is 0 Å². The van der Waals surface area contributed by atoms with Gasteiger partial charge in [0, 0.05) is 0 Å². The minimum Gasteiger partial charge on any atom is -0.392 e. The van der Waals surface area contributed by atoms with Gasteiger partial charge in [-0.15, -0.1) is 0 Å². The zero-order valence-corrected chi connectivity index (χ0v) is 8.62. The van der Waals surface area contributed by atoms with Crippen molar-refractivity contribution in [1.82, 2.24) is 0 Å². The molecule has 1 N–H and O–H groups in total. The molecule has 1 heteroatoms. The van der Waals surface area contributed by atoms with Gasteiger partial charge in [0.05, 0.1) is 6.61 Å². The third-order valence-corrected chi connectivity index (χ3v) is 1.59. The van der Waals surface area contributed by atoms with Crippen molar-refractivity contribution < 1.29 is 5.11 Å².